The van der Waals surface area contributed by atoms with E-state index in [0.29, 0.717) is 0 Å². The number of anilines is 1. The Bertz CT molecular complexity index is 413. The van der Waals surface area contributed by atoms with Crippen molar-refractivity contribution >= 4 is 23.8 Å². The Labute approximate surface area is 99.1 Å². The number of nitro groups is 1. The van der Waals surface area contributed by atoms with Crippen molar-refractivity contribution in [2.45, 2.75) is 6.36 Å². The minimum atomic E-state index is -5.00. The normalized spacial score (nSPS) is 10.4. The van der Waals surface area contributed by atoms with Crippen molar-refractivity contribution in [3.05, 3.63) is 28.3 Å². The molecule has 0 fully saturated rings. The number of nitrogens with two attached hydrogens (primary N) is 1. The van der Waals surface area contributed by atoms with Gasteiger partial charge in [-0.3, -0.25) is 16.0 Å². The number of hydrogen-bond donors (Lipinski definition) is 2. The molecule has 0 aromatic heterocycles. The van der Waals surface area contributed by atoms with Crippen LogP contribution in [-0.4, -0.2) is 11.3 Å². The van der Waals surface area contributed by atoms with Gasteiger partial charge in [0.15, 0.2) is 0 Å². The van der Waals surface area contributed by atoms with E-state index in [4.69, 9.17) is 5.84 Å². The van der Waals surface area contributed by atoms with E-state index in [1.807, 2.05) is 5.43 Å². The molecule has 0 bridgehead atoms. The van der Waals surface area contributed by atoms with E-state index < -0.39 is 22.7 Å². The summed E-state index contributed by atoms with van der Waals surface area (Å²) in [5.74, 6) is 4.03. The van der Waals surface area contributed by atoms with Crippen LogP contribution < -0.4 is 16.0 Å². The highest BCUT2D eigenvalue weighted by molar-refractivity contribution is 5.85. The molecule has 0 aliphatic carbocycles. The molecule has 1 aromatic carbocycles. The molecule has 0 atom stereocenters. The lowest BCUT2D eigenvalue weighted by molar-refractivity contribution is -0.388. The van der Waals surface area contributed by atoms with E-state index in [1.165, 1.54) is 0 Å². The van der Waals surface area contributed by atoms with Crippen molar-refractivity contribution in [3.8, 4) is 5.75 Å². The zero-order valence-electron chi connectivity index (χ0n) is 8.02. The smallest absolute Gasteiger partial charge is 0.398 e. The zero-order valence-corrected chi connectivity index (χ0v) is 8.84. The summed E-state index contributed by atoms with van der Waals surface area (Å²) in [6.45, 7) is 0. The summed E-state index contributed by atoms with van der Waals surface area (Å²) >= 11 is 0. The highest BCUT2D eigenvalue weighted by Crippen LogP contribution is 2.33. The fourth-order valence-electron chi connectivity index (χ4n) is 0.961. The van der Waals surface area contributed by atoms with Crippen molar-refractivity contribution in [1.29, 1.82) is 0 Å². The predicted molar refractivity (Wildman–Crippen MR) is 54.8 cm³/mol. The van der Waals surface area contributed by atoms with Gasteiger partial charge in [-0.25, -0.2) is 0 Å². The summed E-state index contributed by atoms with van der Waals surface area (Å²) in [5, 5.41) is 10.4. The van der Waals surface area contributed by atoms with Crippen molar-refractivity contribution in [1.82, 2.24) is 0 Å². The van der Waals surface area contributed by atoms with E-state index in [0.717, 1.165) is 18.2 Å². The molecule has 3 N–H and O–H groups in total. The Morgan fingerprint density at radius 3 is 2.41 bits per heavy atom. The minimum Gasteiger partial charge on any atom is -0.398 e. The first-order valence-corrected chi connectivity index (χ1v) is 3.84. The van der Waals surface area contributed by atoms with Crippen molar-refractivity contribution < 1.29 is 22.8 Å². The van der Waals surface area contributed by atoms with E-state index in [1.54, 1.807) is 0 Å². The van der Waals surface area contributed by atoms with Gasteiger partial charge in [-0.05, 0) is 6.07 Å². The number of hydrogen-bond acceptors (Lipinski definition) is 5. The number of halogens is 4. The maximum atomic E-state index is 11.9. The Hall–Kier alpha value is -1.74. The molecule has 0 radical (unpaired) electrons. The van der Waals surface area contributed by atoms with Crippen molar-refractivity contribution in [2.24, 2.45) is 5.84 Å². The van der Waals surface area contributed by atoms with Crippen LogP contribution in [-0.2, 0) is 0 Å². The Morgan fingerprint density at radius 1 is 1.41 bits per heavy atom. The van der Waals surface area contributed by atoms with Crippen molar-refractivity contribution in [2.75, 3.05) is 5.43 Å². The summed E-state index contributed by atoms with van der Waals surface area (Å²) in [6, 6.07) is 2.79. The third-order valence-electron chi connectivity index (χ3n) is 1.55. The minimum absolute atomic E-state index is 0. The number of hydrazine groups is 1. The van der Waals surface area contributed by atoms with Crippen LogP contribution in [0.15, 0.2) is 18.2 Å². The Balaban J connectivity index is 0.00000256. The van der Waals surface area contributed by atoms with Gasteiger partial charge < -0.3 is 10.2 Å². The molecule has 17 heavy (non-hydrogen) atoms. The molecule has 0 saturated heterocycles. The van der Waals surface area contributed by atoms with Gasteiger partial charge in [0.05, 0.1) is 10.6 Å². The highest BCUT2D eigenvalue weighted by atomic mass is 35.5. The topological polar surface area (TPSA) is 90.4 Å². The summed E-state index contributed by atoms with van der Waals surface area (Å²) in [7, 11) is 0. The second-order valence-electron chi connectivity index (χ2n) is 2.63. The van der Waals surface area contributed by atoms with Crippen LogP contribution in [0.25, 0.3) is 0 Å². The monoisotopic (exact) mass is 273 g/mol. The molecule has 1 aromatic rings. The van der Waals surface area contributed by atoms with Gasteiger partial charge in [0.25, 0.3) is 0 Å². The van der Waals surface area contributed by atoms with Crippen LogP contribution in [0, 0.1) is 10.1 Å². The Kier molecular flexibility index (Phi) is 4.98. The van der Waals surface area contributed by atoms with E-state index in [9.17, 15) is 23.3 Å². The average molecular weight is 274 g/mol. The molecule has 0 aliphatic heterocycles. The first-order valence-electron chi connectivity index (χ1n) is 3.84. The number of benzene rings is 1. The molecule has 10 heteroatoms. The van der Waals surface area contributed by atoms with Crippen molar-refractivity contribution in [3.63, 3.8) is 0 Å². The first kappa shape index (κ1) is 15.3. The lowest BCUT2D eigenvalue weighted by atomic mass is 10.2. The molecule has 0 amide bonds. The number of nitrogens with one attached hydrogen (secondary N) is 1. The number of rotatable bonds is 3. The molecule has 1 rings (SSSR count). The molecule has 6 nitrogen and oxygen atoms in total. The quantitative estimate of drug-likeness (QED) is 0.500. The molecule has 0 aliphatic rings. The second-order valence-corrected chi connectivity index (χ2v) is 2.63. The summed E-state index contributed by atoms with van der Waals surface area (Å²) in [4.78, 5) is 9.43. The third-order valence-corrected chi connectivity index (χ3v) is 1.55. The first-order chi connectivity index (χ1) is 7.33. The number of alkyl halides is 3. The lowest BCUT2D eigenvalue weighted by Gasteiger charge is -2.10. The maximum absolute atomic E-state index is 11.9. The summed E-state index contributed by atoms with van der Waals surface area (Å²) in [5.41, 5.74) is 1.31. The predicted octanol–water partition coefficient (Wildman–Crippen LogP) is 2.20. The van der Waals surface area contributed by atoms with E-state index >= 15 is 0 Å². The van der Waals surface area contributed by atoms with Gasteiger partial charge >= 0.3 is 12.0 Å². The number of nitrogens with zero attached hydrogens (tertiary/aromatic N) is 1. The van der Waals surface area contributed by atoms with Crippen LogP contribution in [0.2, 0.25) is 0 Å². The maximum Gasteiger partial charge on any atom is 0.573 e. The number of nitro benzene ring substituents is 1. The molecule has 0 unspecified atom stereocenters. The van der Waals surface area contributed by atoms with E-state index in [2.05, 4.69) is 4.74 Å². The van der Waals surface area contributed by atoms with Crippen LogP contribution in [0.4, 0.5) is 24.5 Å². The van der Waals surface area contributed by atoms with E-state index in [-0.39, 0.29) is 18.1 Å². The molecular weight excluding hydrogens is 267 g/mol. The van der Waals surface area contributed by atoms with Crippen LogP contribution in [0.5, 0.6) is 5.75 Å². The molecule has 0 spiro atoms. The molecular formula is C7H7ClF3N3O3. The van der Waals surface area contributed by atoms with Gasteiger partial charge in [0.1, 0.15) is 0 Å². The van der Waals surface area contributed by atoms with Gasteiger partial charge in [-0.15, -0.1) is 25.6 Å². The van der Waals surface area contributed by atoms with Gasteiger partial charge in [0.2, 0.25) is 5.75 Å². The second kappa shape index (κ2) is 5.55. The van der Waals surface area contributed by atoms with Gasteiger partial charge in [0, 0.05) is 12.1 Å². The fourth-order valence-corrected chi connectivity index (χ4v) is 0.961. The van der Waals surface area contributed by atoms with Gasteiger partial charge in [-0.2, -0.15) is 0 Å². The fraction of sp³-hybridized carbons (Fsp3) is 0.143. The summed E-state index contributed by atoms with van der Waals surface area (Å²) in [6.07, 6.45) is -5.00. The summed E-state index contributed by atoms with van der Waals surface area (Å²) < 4.78 is 39.3. The molecule has 0 saturated carbocycles. The molecule has 0 heterocycles. The Morgan fingerprint density at radius 2 is 2.00 bits per heavy atom. The highest BCUT2D eigenvalue weighted by Gasteiger charge is 2.34. The third kappa shape index (κ3) is 4.33. The largest absolute Gasteiger partial charge is 0.573 e. The average Bonchev–Trinajstić information content (AvgIpc) is 2.14. The van der Waals surface area contributed by atoms with Crippen LogP contribution in [0.1, 0.15) is 0 Å². The standard InChI is InChI=1S/C7H6F3N3O3.ClH/c8-7(9,10)16-6-3-4(12-11)1-2-5(6)13(14)15;/h1-3,12H,11H2;1H. The van der Waals surface area contributed by atoms with Crippen LogP contribution in [0.3, 0.4) is 0 Å². The van der Waals surface area contributed by atoms with Crippen LogP contribution >= 0.6 is 12.4 Å². The SMILES string of the molecule is Cl.NNc1ccc([N+](=O)[O-])c(OC(F)(F)F)c1. The number of ether oxygens (including phenoxy) is 1. The number of nitrogen functional groups attached to an aromatic ring is 1. The van der Waals surface area contributed by atoms with Gasteiger partial charge in [-0.1, -0.05) is 0 Å². The molecule has 96 valence electrons. The zero-order chi connectivity index (χ0) is 12.3. The lowest BCUT2D eigenvalue weighted by Crippen LogP contribution is -2.18.